The number of halogens is 5. The number of hydrogen-bond acceptors (Lipinski definition) is 4. The van der Waals surface area contributed by atoms with Crippen molar-refractivity contribution in [2.75, 3.05) is 10.6 Å². The number of carbonyl (C=O) groups is 2. The molecule has 0 aromatic heterocycles. The molecule has 0 aliphatic heterocycles. The average molecular weight is 422 g/mol. The van der Waals surface area contributed by atoms with Crippen LogP contribution in [0.15, 0.2) is 36.4 Å². The van der Waals surface area contributed by atoms with E-state index >= 15 is 0 Å². The zero-order chi connectivity index (χ0) is 20.4. The van der Waals surface area contributed by atoms with Crippen molar-refractivity contribution >= 4 is 52.1 Å². The van der Waals surface area contributed by atoms with Crippen LogP contribution in [0, 0.1) is 10.1 Å². The van der Waals surface area contributed by atoms with Crippen molar-refractivity contribution < 1.29 is 27.7 Å². The van der Waals surface area contributed by atoms with Gasteiger partial charge in [0.15, 0.2) is 0 Å². The molecule has 2 aromatic rings. The molecule has 0 unspecified atom stereocenters. The van der Waals surface area contributed by atoms with Gasteiger partial charge in [0.2, 0.25) is 0 Å². The van der Waals surface area contributed by atoms with Crippen LogP contribution in [0.2, 0.25) is 10.0 Å². The SMILES string of the molecule is O=C(Nc1cc([N+](=O)[O-])ccc1Cl)C(=O)Nc1ccc(Cl)cc1C(F)(F)F. The Bertz CT molecular complexity index is 935. The highest BCUT2D eigenvalue weighted by Gasteiger charge is 2.34. The minimum absolute atomic E-state index is 0.107. The highest BCUT2D eigenvalue weighted by Crippen LogP contribution is 2.36. The minimum Gasteiger partial charge on any atom is -0.317 e. The van der Waals surface area contributed by atoms with Gasteiger partial charge >= 0.3 is 18.0 Å². The Kier molecular flexibility index (Phi) is 5.91. The second kappa shape index (κ2) is 7.80. The van der Waals surface area contributed by atoms with Crippen molar-refractivity contribution in [1.29, 1.82) is 0 Å². The van der Waals surface area contributed by atoms with Crippen LogP contribution in [0.1, 0.15) is 5.56 Å². The van der Waals surface area contributed by atoms with Gasteiger partial charge in [-0.1, -0.05) is 23.2 Å². The summed E-state index contributed by atoms with van der Waals surface area (Å²) >= 11 is 11.3. The topological polar surface area (TPSA) is 101 Å². The third-order valence-corrected chi connectivity index (χ3v) is 3.72. The van der Waals surface area contributed by atoms with Gasteiger partial charge in [0.1, 0.15) is 0 Å². The number of nitro benzene ring substituents is 1. The number of nitrogens with zero attached hydrogens (tertiary/aromatic N) is 1. The fraction of sp³-hybridized carbons (Fsp3) is 0.0667. The summed E-state index contributed by atoms with van der Waals surface area (Å²) in [5, 5.41) is 14.2. The molecule has 0 saturated carbocycles. The van der Waals surface area contributed by atoms with Gasteiger partial charge in [-0.2, -0.15) is 13.2 Å². The minimum atomic E-state index is -4.83. The predicted octanol–water partition coefficient (Wildman–Crippen LogP) is 4.50. The molecule has 2 amide bonds. The third kappa shape index (κ3) is 5.08. The lowest BCUT2D eigenvalue weighted by molar-refractivity contribution is -0.384. The van der Waals surface area contributed by atoms with E-state index in [0.29, 0.717) is 6.07 Å². The van der Waals surface area contributed by atoms with E-state index in [1.807, 2.05) is 10.6 Å². The van der Waals surface area contributed by atoms with Crippen LogP contribution in [0.4, 0.5) is 30.2 Å². The van der Waals surface area contributed by atoms with Gasteiger partial charge in [0.05, 0.1) is 26.9 Å². The van der Waals surface area contributed by atoms with Crippen molar-refractivity contribution in [3.63, 3.8) is 0 Å². The quantitative estimate of drug-likeness (QED) is 0.432. The molecular formula is C15H8Cl2F3N3O4. The molecule has 0 fully saturated rings. The lowest BCUT2D eigenvalue weighted by Gasteiger charge is -2.14. The summed E-state index contributed by atoms with van der Waals surface area (Å²) < 4.78 is 39.0. The normalized spacial score (nSPS) is 11.0. The monoisotopic (exact) mass is 421 g/mol. The van der Waals surface area contributed by atoms with E-state index in [1.54, 1.807) is 0 Å². The van der Waals surface area contributed by atoms with Gasteiger partial charge < -0.3 is 10.6 Å². The van der Waals surface area contributed by atoms with Crippen LogP contribution < -0.4 is 10.6 Å². The van der Waals surface area contributed by atoms with E-state index in [-0.39, 0.29) is 15.7 Å². The van der Waals surface area contributed by atoms with Gasteiger partial charge in [-0.3, -0.25) is 19.7 Å². The molecule has 12 heteroatoms. The maximum Gasteiger partial charge on any atom is 0.418 e. The number of hydrogen-bond donors (Lipinski definition) is 2. The number of nitrogens with one attached hydrogen (secondary N) is 2. The molecule has 2 N–H and O–H groups in total. The summed E-state index contributed by atoms with van der Waals surface area (Å²) in [6, 6.07) is 5.66. The summed E-state index contributed by atoms with van der Waals surface area (Å²) in [6.45, 7) is 0. The fourth-order valence-corrected chi connectivity index (χ4v) is 2.28. The van der Waals surface area contributed by atoms with Gasteiger partial charge in [-0.25, -0.2) is 0 Å². The number of carbonyl (C=O) groups excluding carboxylic acids is 2. The number of anilines is 2. The first-order valence-electron chi connectivity index (χ1n) is 6.92. The van der Waals surface area contributed by atoms with E-state index in [0.717, 1.165) is 30.3 Å². The summed E-state index contributed by atoms with van der Waals surface area (Å²) in [5.74, 6) is -2.81. The Labute approximate surface area is 159 Å². The van der Waals surface area contributed by atoms with Gasteiger partial charge in [0, 0.05) is 17.2 Å². The largest absolute Gasteiger partial charge is 0.418 e. The molecule has 0 radical (unpaired) electrons. The van der Waals surface area contributed by atoms with Crippen LogP contribution >= 0.6 is 23.2 Å². The van der Waals surface area contributed by atoms with E-state index in [2.05, 4.69) is 0 Å². The molecule has 7 nitrogen and oxygen atoms in total. The standard InChI is InChI=1S/C15H8Cl2F3N3O4/c16-7-1-4-11(9(5-7)15(18,19)20)21-13(24)14(25)22-12-6-8(23(26)27)2-3-10(12)17/h1-6H,(H,21,24)(H,22,25). The van der Waals surface area contributed by atoms with Crippen LogP contribution in [0.25, 0.3) is 0 Å². The summed E-state index contributed by atoms with van der Waals surface area (Å²) in [6.07, 6.45) is -4.83. The Morgan fingerprint density at radius 2 is 1.56 bits per heavy atom. The zero-order valence-electron chi connectivity index (χ0n) is 12.9. The molecule has 0 aliphatic carbocycles. The van der Waals surface area contributed by atoms with Crippen LogP contribution in [0.5, 0.6) is 0 Å². The molecule has 0 saturated heterocycles. The number of alkyl halides is 3. The highest BCUT2D eigenvalue weighted by atomic mass is 35.5. The first-order valence-corrected chi connectivity index (χ1v) is 7.67. The number of benzene rings is 2. The van der Waals surface area contributed by atoms with Crippen molar-refractivity contribution in [2.45, 2.75) is 6.18 Å². The lowest BCUT2D eigenvalue weighted by atomic mass is 10.1. The lowest BCUT2D eigenvalue weighted by Crippen LogP contribution is -2.30. The number of rotatable bonds is 3. The van der Waals surface area contributed by atoms with Gasteiger partial charge in [0.25, 0.3) is 5.69 Å². The Morgan fingerprint density at radius 1 is 0.963 bits per heavy atom. The average Bonchev–Trinajstić information content (AvgIpc) is 2.57. The molecule has 0 aliphatic rings. The van der Waals surface area contributed by atoms with E-state index < -0.39 is 39.9 Å². The van der Waals surface area contributed by atoms with E-state index in [1.165, 1.54) is 0 Å². The maximum atomic E-state index is 13.0. The second-order valence-corrected chi connectivity index (χ2v) is 5.86. The summed E-state index contributed by atoms with van der Waals surface area (Å²) in [5.41, 5.74) is -2.59. The second-order valence-electron chi connectivity index (χ2n) is 5.02. The molecule has 0 heterocycles. The first-order chi connectivity index (χ1) is 12.5. The molecule has 2 rings (SSSR count). The Balaban J connectivity index is 2.22. The van der Waals surface area contributed by atoms with Crippen LogP contribution in [-0.4, -0.2) is 16.7 Å². The van der Waals surface area contributed by atoms with Gasteiger partial charge in [-0.05, 0) is 24.3 Å². The van der Waals surface area contributed by atoms with Crippen molar-refractivity contribution in [1.82, 2.24) is 0 Å². The molecule has 0 bridgehead atoms. The number of non-ortho nitro benzene ring substituents is 1. The molecule has 0 spiro atoms. The van der Waals surface area contributed by atoms with E-state index in [4.69, 9.17) is 23.2 Å². The van der Waals surface area contributed by atoms with Crippen molar-refractivity contribution in [3.8, 4) is 0 Å². The summed E-state index contributed by atoms with van der Waals surface area (Å²) in [4.78, 5) is 33.8. The van der Waals surface area contributed by atoms with Crippen LogP contribution in [-0.2, 0) is 15.8 Å². The molecule has 2 aromatic carbocycles. The molecule has 142 valence electrons. The first kappa shape index (κ1) is 20.5. The fourth-order valence-electron chi connectivity index (χ4n) is 1.94. The Hall–Kier alpha value is -2.85. The van der Waals surface area contributed by atoms with Crippen molar-refractivity contribution in [2.24, 2.45) is 0 Å². The van der Waals surface area contributed by atoms with Crippen LogP contribution in [0.3, 0.4) is 0 Å². The smallest absolute Gasteiger partial charge is 0.317 e. The predicted molar refractivity (Wildman–Crippen MR) is 91.8 cm³/mol. The number of nitro groups is 1. The third-order valence-electron chi connectivity index (χ3n) is 3.15. The molecule has 0 atom stereocenters. The van der Waals surface area contributed by atoms with Gasteiger partial charge in [-0.15, -0.1) is 0 Å². The zero-order valence-corrected chi connectivity index (χ0v) is 14.4. The summed E-state index contributed by atoms with van der Waals surface area (Å²) in [7, 11) is 0. The van der Waals surface area contributed by atoms with Crippen molar-refractivity contribution in [3.05, 3.63) is 62.1 Å². The molecular weight excluding hydrogens is 414 g/mol. The highest BCUT2D eigenvalue weighted by molar-refractivity contribution is 6.45. The molecule has 27 heavy (non-hydrogen) atoms. The number of amides is 2. The Morgan fingerprint density at radius 3 is 2.11 bits per heavy atom. The van der Waals surface area contributed by atoms with E-state index in [9.17, 15) is 32.9 Å². The maximum absolute atomic E-state index is 13.0.